The molecule has 1 aliphatic rings. The first kappa shape index (κ1) is 11.0. The van der Waals surface area contributed by atoms with Gasteiger partial charge in [-0.05, 0) is 19.8 Å². The Labute approximate surface area is 82.7 Å². The van der Waals surface area contributed by atoms with Crippen LogP contribution in [0.1, 0.15) is 26.2 Å². The van der Waals surface area contributed by atoms with Crippen LogP contribution in [0.4, 0.5) is 0 Å². The Morgan fingerprint density at radius 1 is 1.50 bits per heavy atom. The Kier molecular flexibility index (Phi) is 3.46. The molecule has 1 saturated carbocycles. The molecule has 0 heterocycles. The molecule has 0 aliphatic heterocycles. The normalized spacial score (nSPS) is 28.4. The van der Waals surface area contributed by atoms with Crippen molar-refractivity contribution >= 4 is 11.9 Å². The molecule has 14 heavy (non-hydrogen) atoms. The van der Waals surface area contributed by atoms with Crippen LogP contribution >= 0.6 is 0 Å². The average Bonchev–Trinajstić information content (AvgIpc) is 2.52. The predicted octanol–water partition coefficient (Wildman–Crippen LogP) is -0.297. The maximum Gasteiger partial charge on any atom is 0.308 e. The van der Waals surface area contributed by atoms with E-state index in [9.17, 15) is 9.59 Å². The van der Waals surface area contributed by atoms with E-state index in [2.05, 4.69) is 5.32 Å². The Balaban J connectivity index is 2.51. The average molecular weight is 200 g/mol. The van der Waals surface area contributed by atoms with Gasteiger partial charge in [-0.3, -0.25) is 9.59 Å². The van der Waals surface area contributed by atoms with Crippen LogP contribution in [0.5, 0.6) is 0 Å². The third-order valence-electron chi connectivity index (χ3n) is 2.57. The molecule has 0 saturated heterocycles. The van der Waals surface area contributed by atoms with Gasteiger partial charge in [0.2, 0.25) is 5.91 Å². The third kappa shape index (κ3) is 2.45. The van der Waals surface area contributed by atoms with Crippen LogP contribution in [0.15, 0.2) is 0 Å². The van der Waals surface area contributed by atoms with Gasteiger partial charge in [0, 0.05) is 6.04 Å². The van der Waals surface area contributed by atoms with Gasteiger partial charge in [-0.2, -0.15) is 0 Å². The van der Waals surface area contributed by atoms with E-state index >= 15 is 0 Å². The molecule has 0 aromatic rings. The zero-order valence-corrected chi connectivity index (χ0v) is 8.19. The molecule has 5 nitrogen and oxygen atoms in total. The van der Waals surface area contributed by atoms with Gasteiger partial charge in [0.1, 0.15) is 0 Å². The van der Waals surface area contributed by atoms with Gasteiger partial charge in [0.25, 0.3) is 0 Å². The third-order valence-corrected chi connectivity index (χ3v) is 2.57. The van der Waals surface area contributed by atoms with Crippen molar-refractivity contribution in [1.82, 2.24) is 5.32 Å². The number of nitrogens with two attached hydrogens (primary N) is 1. The predicted molar refractivity (Wildman–Crippen MR) is 50.6 cm³/mol. The number of carbonyl (C=O) groups excluding carboxylic acids is 1. The summed E-state index contributed by atoms with van der Waals surface area (Å²) < 4.78 is 0. The van der Waals surface area contributed by atoms with Crippen molar-refractivity contribution < 1.29 is 14.7 Å². The van der Waals surface area contributed by atoms with E-state index in [0.29, 0.717) is 6.42 Å². The lowest BCUT2D eigenvalue weighted by Gasteiger charge is -2.18. The van der Waals surface area contributed by atoms with E-state index in [0.717, 1.165) is 12.8 Å². The summed E-state index contributed by atoms with van der Waals surface area (Å²) in [4.78, 5) is 22.0. The van der Waals surface area contributed by atoms with Gasteiger partial charge < -0.3 is 16.2 Å². The summed E-state index contributed by atoms with van der Waals surface area (Å²) in [7, 11) is 0. The highest BCUT2D eigenvalue weighted by molar-refractivity contribution is 5.82. The van der Waals surface area contributed by atoms with Crippen molar-refractivity contribution in [2.24, 2.45) is 11.7 Å². The highest BCUT2D eigenvalue weighted by Crippen LogP contribution is 2.25. The van der Waals surface area contributed by atoms with Crippen molar-refractivity contribution in [2.75, 3.05) is 0 Å². The van der Waals surface area contributed by atoms with Crippen LogP contribution in [0.25, 0.3) is 0 Å². The van der Waals surface area contributed by atoms with Crippen LogP contribution < -0.4 is 11.1 Å². The van der Waals surface area contributed by atoms with Crippen molar-refractivity contribution in [3.05, 3.63) is 0 Å². The second-order valence-corrected chi connectivity index (χ2v) is 3.78. The van der Waals surface area contributed by atoms with Crippen LogP contribution in [-0.2, 0) is 9.59 Å². The van der Waals surface area contributed by atoms with Crippen molar-refractivity contribution in [2.45, 2.75) is 38.3 Å². The van der Waals surface area contributed by atoms with Crippen molar-refractivity contribution in [3.8, 4) is 0 Å². The Morgan fingerprint density at radius 3 is 2.64 bits per heavy atom. The van der Waals surface area contributed by atoms with Crippen LogP contribution in [0.3, 0.4) is 0 Å². The highest BCUT2D eigenvalue weighted by Gasteiger charge is 2.34. The smallest absolute Gasteiger partial charge is 0.308 e. The molecule has 3 atom stereocenters. The summed E-state index contributed by atoms with van der Waals surface area (Å²) in [6, 6.07) is -0.823. The van der Waals surface area contributed by atoms with Gasteiger partial charge >= 0.3 is 5.97 Å². The maximum absolute atomic E-state index is 11.2. The summed E-state index contributed by atoms with van der Waals surface area (Å²) >= 11 is 0. The molecule has 0 spiro atoms. The van der Waals surface area contributed by atoms with E-state index in [1.54, 1.807) is 6.92 Å². The number of nitrogens with one attached hydrogen (secondary N) is 1. The first-order chi connectivity index (χ1) is 6.52. The van der Waals surface area contributed by atoms with E-state index < -0.39 is 17.9 Å². The molecule has 0 aromatic heterocycles. The molecule has 0 aromatic carbocycles. The van der Waals surface area contributed by atoms with Crippen molar-refractivity contribution in [3.63, 3.8) is 0 Å². The van der Waals surface area contributed by atoms with Gasteiger partial charge in [-0.1, -0.05) is 6.42 Å². The summed E-state index contributed by atoms with van der Waals surface area (Å²) in [5.41, 5.74) is 5.38. The first-order valence-electron chi connectivity index (χ1n) is 4.81. The standard InChI is InChI=1S/C9H16N2O3/c1-5(10)8(12)11-7-4-2-3-6(7)9(13)14/h5-7H,2-4,10H2,1H3,(H,11,12)(H,13,14)/t5-,6?,7?/m1/s1. The number of carboxylic acids is 1. The lowest BCUT2D eigenvalue weighted by atomic mass is 10.0. The number of carbonyl (C=O) groups is 2. The highest BCUT2D eigenvalue weighted by atomic mass is 16.4. The lowest BCUT2D eigenvalue weighted by molar-refractivity contribution is -0.142. The quantitative estimate of drug-likeness (QED) is 0.583. The number of amides is 1. The first-order valence-corrected chi connectivity index (χ1v) is 4.81. The minimum Gasteiger partial charge on any atom is -0.481 e. The molecule has 4 N–H and O–H groups in total. The lowest BCUT2D eigenvalue weighted by Crippen LogP contribution is -2.46. The molecule has 0 bridgehead atoms. The van der Waals surface area contributed by atoms with Crippen LogP contribution in [0.2, 0.25) is 0 Å². The number of rotatable bonds is 3. The van der Waals surface area contributed by atoms with Gasteiger partial charge in [0.05, 0.1) is 12.0 Å². The largest absolute Gasteiger partial charge is 0.481 e. The molecule has 2 unspecified atom stereocenters. The van der Waals surface area contributed by atoms with E-state index in [1.165, 1.54) is 0 Å². The Bertz CT molecular complexity index is 240. The fourth-order valence-corrected chi connectivity index (χ4v) is 1.74. The minimum atomic E-state index is -0.836. The summed E-state index contributed by atoms with van der Waals surface area (Å²) in [5.74, 6) is -1.56. The molecule has 1 fully saturated rings. The zero-order chi connectivity index (χ0) is 10.7. The molecule has 80 valence electrons. The molecule has 5 heteroatoms. The Morgan fingerprint density at radius 2 is 2.14 bits per heavy atom. The molecule has 1 rings (SSSR count). The second kappa shape index (κ2) is 4.41. The van der Waals surface area contributed by atoms with Crippen molar-refractivity contribution in [1.29, 1.82) is 0 Å². The topological polar surface area (TPSA) is 92.4 Å². The molecular weight excluding hydrogens is 184 g/mol. The van der Waals surface area contributed by atoms with Gasteiger partial charge in [0.15, 0.2) is 0 Å². The minimum absolute atomic E-state index is 0.244. The zero-order valence-electron chi connectivity index (χ0n) is 8.19. The number of aliphatic carboxylic acids is 1. The van der Waals surface area contributed by atoms with Crippen LogP contribution in [-0.4, -0.2) is 29.1 Å². The molecule has 1 aliphatic carbocycles. The van der Waals surface area contributed by atoms with Gasteiger partial charge in [-0.25, -0.2) is 0 Å². The molecular formula is C9H16N2O3. The fourth-order valence-electron chi connectivity index (χ4n) is 1.74. The monoisotopic (exact) mass is 200 g/mol. The fraction of sp³-hybridized carbons (Fsp3) is 0.778. The SMILES string of the molecule is C[C@@H](N)C(=O)NC1CCCC1C(=O)O. The second-order valence-electron chi connectivity index (χ2n) is 3.78. The molecule has 1 amide bonds. The van der Waals surface area contributed by atoms with E-state index in [1.807, 2.05) is 0 Å². The summed E-state index contributed by atoms with van der Waals surface area (Å²) in [5, 5.41) is 11.5. The maximum atomic E-state index is 11.2. The van der Waals surface area contributed by atoms with Crippen LogP contribution in [0, 0.1) is 5.92 Å². The van der Waals surface area contributed by atoms with E-state index in [4.69, 9.17) is 10.8 Å². The summed E-state index contributed by atoms with van der Waals surface area (Å²) in [6.45, 7) is 1.58. The number of hydrogen-bond acceptors (Lipinski definition) is 3. The number of hydrogen-bond donors (Lipinski definition) is 3. The Hall–Kier alpha value is -1.10. The summed E-state index contributed by atoms with van der Waals surface area (Å²) in [6.07, 6.45) is 2.22. The number of carboxylic acid groups (broad SMARTS) is 1. The van der Waals surface area contributed by atoms with E-state index in [-0.39, 0.29) is 11.9 Å². The van der Waals surface area contributed by atoms with Gasteiger partial charge in [-0.15, -0.1) is 0 Å². The molecule has 0 radical (unpaired) electrons.